The molecular weight excluding hydrogens is 242 g/mol. The van der Waals surface area contributed by atoms with Gasteiger partial charge in [0.15, 0.2) is 0 Å². The van der Waals surface area contributed by atoms with Gasteiger partial charge in [0.2, 0.25) is 0 Å². The molecule has 1 aliphatic heterocycles. The van der Waals surface area contributed by atoms with E-state index in [4.69, 9.17) is 4.74 Å². The number of carbonyl (C=O) groups excluding carboxylic acids is 1. The molecule has 0 saturated carbocycles. The van der Waals surface area contributed by atoms with Crippen LogP contribution in [0.2, 0.25) is 0 Å². The molecule has 0 aliphatic carbocycles. The van der Waals surface area contributed by atoms with Crippen molar-refractivity contribution >= 4 is 6.09 Å². The number of nitrogens with zero attached hydrogens (tertiary/aromatic N) is 3. The van der Waals surface area contributed by atoms with Gasteiger partial charge in [-0.25, -0.2) is 14.8 Å². The minimum absolute atomic E-state index is 0.0107. The van der Waals surface area contributed by atoms with E-state index in [-0.39, 0.29) is 12.1 Å². The second-order valence-electron chi connectivity index (χ2n) is 5.86. The van der Waals surface area contributed by atoms with Gasteiger partial charge >= 0.3 is 6.09 Å². The number of hydrogen-bond acceptors (Lipinski definition) is 4. The first-order valence-corrected chi connectivity index (χ1v) is 6.66. The fraction of sp³-hybridized carbons (Fsp3) is 0.643. The summed E-state index contributed by atoms with van der Waals surface area (Å²) >= 11 is 0. The summed E-state index contributed by atoms with van der Waals surface area (Å²) in [6.45, 7) is 8.22. The lowest BCUT2D eigenvalue weighted by Crippen LogP contribution is -2.36. The van der Waals surface area contributed by atoms with Gasteiger partial charge in [-0.2, -0.15) is 0 Å². The number of amides is 1. The smallest absolute Gasteiger partial charge is 0.410 e. The first kappa shape index (κ1) is 13.8. The fourth-order valence-corrected chi connectivity index (χ4v) is 2.27. The second kappa shape index (κ2) is 5.15. The Morgan fingerprint density at radius 3 is 2.84 bits per heavy atom. The molecule has 1 aromatic rings. The molecule has 0 unspecified atom stereocenters. The number of likely N-dealkylation sites (tertiary alicyclic amines) is 1. The van der Waals surface area contributed by atoms with Crippen LogP contribution in [0.15, 0.2) is 12.3 Å². The maximum atomic E-state index is 12.2. The molecule has 1 saturated heterocycles. The van der Waals surface area contributed by atoms with E-state index in [9.17, 15) is 4.79 Å². The molecule has 0 aromatic carbocycles. The van der Waals surface area contributed by atoms with Gasteiger partial charge in [0.05, 0.1) is 11.7 Å². The minimum Gasteiger partial charge on any atom is -0.444 e. The standard InChI is InChI=1S/C14H21N3O2/c1-10-15-8-7-11(16-10)12-6-5-9-17(12)13(18)19-14(2,3)4/h7-8,12H,5-6,9H2,1-4H3/t12-/m0/s1. The van der Waals surface area contributed by atoms with Gasteiger partial charge in [-0.1, -0.05) is 0 Å². The third-order valence-electron chi connectivity index (χ3n) is 3.02. The van der Waals surface area contributed by atoms with Crippen molar-refractivity contribution in [1.82, 2.24) is 14.9 Å². The predicted molar refractivity (Wildman–Crippen MR) is 71.7 cm³/mol. The van der Waals surface area contributed by atoms with Crippen molar-refractivity contribution < 1.29 is 9.53 Å². The Hall–Kier alpha value is -1.65. The van der Waals surface area contributed by atoms with Gasteiger partial charge in [-0.05, 0) is 46.6 Å². The van der Waals surface area contributed by atoms with Gasteiger partial charge in [0.1, 0.15) is 11.4 Å². The minimum atomic E-state index is -0.466. The summed E-state index contributed by atoms with van der Waals surface area (Å²) in [6.07, 6.45) is 3.39. The normalized spacial score (nSPS) is 19.6. The van der Waals surface area contributed by atoms with Crippen molar-refractivity contribution in [2.45, 2.75) is 52.2 Å². The van der Waals surface area contributed by atoms with Crippen molar-refractivity contribution in [2.24, 2.45) is 0 Å². The van der Waals surface area contributed by atoms with Crippen molar-refractivity contribution in [2.75, 3.05) is 6.54 Å². The maximum Gasteiger partial charge on any atom is 0.410 e. The molecule has 1 aliphatic rings. The quantitative estimate of drug-likeness (QED) is 0.781. The highest BCUT2D eigenvalue weighted by Gasteiger charge is 2.33. The van der Waals surface area contributed by atoms with Crippen molar-refractivity contribution in [1.29, 1.82) is 0 Å². The van der Waals surface area contributed by atoms with Gasteiger partial charge in [-0.3, -0.25) is 4.90 Å². The molecule has 19 heavy (non-hydrogen) atoms. The monoisotopic (exact) mass is 263 g/mol. The van der Waals surface area contributed by atoms with Crippen LogP contribution in [0, 0.1) is 6.92 Å². The maximum absolute atomic E-state index is 12.2. The van der Waals surface area contributed by atoms with Gasteiger partial charge in [0, 0.05) is 12.7 Å². The van der Waals surface area contributed by atoms with Gasteiger partial charge in [-0.15, -0.1) is 0 Å². The molecule has 0 radical (unpaired) electrons. The number of hydrogen-bond donors (Lipinski definition) is 0. The highest BCUT2D eigenvalue weighted by Crippen LogP contribution is 2.31. The lowest BCUT2D eigenvalue weighted by atomic mass is 10.1. The van der Waals surface area contributed by atoms with E-state index >= 15 is 0 Å². The van der Waals surface area contributed by atoms with E-state index in [1.54, 1.807) is 11.1 Å². The van der Waals surface area contributed by atoms with Crippen LogP contribution in [-0.2, 0) is 4.74 Å². The summed E-state index contributed by atoms with van der Waals surface area (Å²) in [5.41, 5.74) is 0.432. The second-order valence-corrected chi connectivity index (χ2v) is 5.86. The molecule has 1 atom stereocenters. The topological polar surface area (TPSA) is 55.3 Å². The zero-order chi connectivity index (χ0) is 14.0. The first-order chi connectivity index (χ1) is 8.87. The SMILES string of the molecule is Cc1nccc([C@@H]2CCCN2C(=O)OC(C)(C)C)n1. The van der Waals surface area contributed by atoms with Gasteiger partial charge in [0.25, 0.3) is 0 Å². The molecule has 104 valence electrons. The Kier molecular flexibility index (Phi) is 3.73. The van der Waals surface area contributed by atoms with E-state index in [2.05, 4.69) is 9.97 Å². The molecule has 1 aromatic heterocycles. The summed E-state index contributed by atoms with van der Waals surface area (Å²) in [5, 5.41) is 0. The van der Waals surface area contributed by atoms with Crippen molar-refractivity contribution in [3.05, 3.63) is 23.8 Å². The van der Waals surface area contributed by atoms with E-state index in [1.807, 2.05) is 33.8 Å². The van der Waals surface area contributed by atoms with Crippen molar-refractivity contribution in [3.8, 4) is 0 Å². The Labute approximate surface area is 114 Å². The number of rotatable bonds is 1. The van der Waals surface area contributed by atoms with Crippen LogP contribution >= 0.6 is 0 Å². The number of aromatic nitrogens is 2. The van der Waals surface area contributed by atoms with Crippen molar-refractivity contribution in [3.63, 3.8) is 0 Å². The Balaban J connectivity index is 2.15. The summed E-state index contributed by atoms with van der Waals surface area (Å²) in [5.74, 6) is 0.730. The molecule has 0 spiro atoms. The highest BCUT2D eigenvalue weighted by atomic mass is 16.6. The van der Waals surface area contributed by atoms with E-state index in [1.165, 1.54) is 0 Å². The van der Waals surface area contributed by atoms with E-state index in [0.29, 0.717) is 0 Å². The molecular formula is C14H21N3O2. The molecule has 1 amide bonds. The zero-order valence-electron chi connectivity index (χ0n) is 12.0. The Bertz CT molecular complexity index is 468. The van der Waals surface area contributed by atoms with E-state index in [0.717, 1.165) is 30.9 Å². The first-order valence-electron chi connectivity index (χ1n) is 6.66. The third-order valence-corrected chi connectivity index (χ3v) is 3.02. The molecule has 2 rings (SSSR count). The van der Waals surface area contributed by atoms with Crippen LogP contribution in [-0.4, -0.2) is 33.1 Å². The average Bonchev–Trinajstić information content (AvgIpc) is 2.75. The van der Waals surface area contributed by atoms with E-state index < -0.39 is 5.60 Å². The van der Waals surface area contributed by atoms with Crippen LogP contribution in [0.4, 0.5) is 4.79 Å². The van der Waals surface area contributed by atoms with Crippen LogP contribution in [0.1, 0.15) is 51.2 Å². The van der Waals surface area contributed by atoms with Crippen LogP contribution in [0.25, 0.3) is 0 Å². The zero-order valence-corrected chi connectivity index (χ0v) is 12.0. The summed E-state index contributed by atoms with van der Waals surface area (Å²) in [6, 6.07) is 1.89. The molecule has 5 nitrogen and oxygen atoms in total. The average molecular weight is 263 g/mol. The summed E-state index contributed by atoms with van der Waals surface area (Å²) < 4.78 is 5.45. The lowest BCUT2D eigenvalue weighted by molar-refractivity contribution is 0.0221. The third kappa shape index (κ3) is 3.43. The number of carbonyl (C=O) groups is 1. The highest BCUT2D eigenvalue weighted by molar-refractivity contribution is 5.69. The predicted octanol–water partition coefficient (Wildman–Crippen LogP) is 2.86. The van der Waals surface area contributed by atoms with Crippen LogP contribution in [0.5, 0.6) is 0 Å². The van der Waals surface area contributed by atoms with Crippen LogP contribution in [0.3, 0.4) is 0 Å². The lowest BCUT2D eigenvalue weighted by Gasteiger charge is -2.28. The number of ether oxygens (including phenoxy) is 1. The fourth-order valence-electron chi connectivity index (χ4n) is 2.27. The van der Waals surface area contributed by atoms with Crippen LogP contribution < -0.4 is 0 Å². The largest absolute Gasteiger partial charge is 0.444 e. The van der Waals surface area contributed by atoms with Gasteiger partial charge < -0.3 is 4.74 Å². The Morgan fingerprint density at radius 1 is 1.47 bits per heavy atom. The molecule has 5 heteroatoms. The Morgan fingerprint density at radius 2 is 2.21 bits per heavy atom. The molecule has 2 heterocycles. The molecule has 0 N–H and O–H groups in total. The summed E-state index contributed by atoms with van der Waals surface area (Å²) in [7, 11) is 0. The summed E-state index contributed by atoms with van der Waals surface area (Å²) in [4.78, 5) is 22.5. The molecule has 1 fully saturated rings. The molecule has 0 bridgehead atoms. The number of aryl methyl sites for hydroxylation is 1.